The number of thiophene rings is 1. The number of carbonyl (C=O) groups is 1. The molecule has 0 bridgehead atoms. The van der Waals surface area contributed by atoms with E-state index in [0.29, 0.717) is 21.9 Å². The van der Waals surface area contributed by atoms with Crippen molar-refractivity contribution in [2.75, 3.05) is 11.1 Å². The zero-order valence-corrected chi connectivity index (χ0v) is 14.2. The van der Waals surface area contributed by atoms with Crippen molar-refractivity contribution in [3.05, 3.63) is 51.9 Å². The molecule has 2 aromatic rings. The van der Waals surface area contributed by atoms with E-state index in [-0.39, 0.29) is 18.1 Å². The molecule has 8 heteroatoms. The maximum atomic E-state index is 11.9. The summed E-state index contributed by atoms with van der Waals surface area (Å²) in [6.45, 7) is 0.119. The lowest BCUT2D eigenvalue weighted by molar-refractivity contribution is 0.155. The molecule has 6 nitrogen and oxygen atoms in total. The summed E-state index contributed by atoms with van der Waals surface area (Å²) in [7, 11) is -3.13. The number of nitrogens with one attached hydrogen (secondary N) is 1. The summed E-state index contributed by atoms with van der Waals surface area (Å²) < 4.78 is 28.6. The van der Waals surface area contributed by atoms with E-state index in [4.69, 9.17) is 4.74 Å². The van der Waals surface area contributed by atoms with Gasteiger partial charge >= 0.3 is 6.09 Å². The number of sulfone groups is 1. The van der Waals surface area contributed by atoms with Crippen LogP contribution in [0.5, 0.6) is 0 Å². The summed E-state index contributed by atoms with van der Waals surface area (Å²) in [5, 5.41) is 12.2. The summed E-state index contributed by atoms with van der Waals surface area (Å²) in [6.07, 6.45) is -0.366. The lowest BCUT2D eigenvalue weighted by atomic mass is 10.1. The topological polar surface area (TPSA) is 96.3 Å². The van der Waals surface area contributed by atoms with Gasteiger partial charge in [0.15, 0.2) is 9.84 Å². The van der Waals surface area contributed by atoms with Gasteiger partial charge in [-0.05, 0) is 17.5 Å². The molecule has 1 aromatic carbocycles. The van der Waals surface area contributed by atoms with Gasteiger partial charge in [-0.2, -0.15) is 5.26 Å². The first-order valence-electron chi connectivity index (χ1n) is 7.21. The molecule has 0 saturated carbocycles. The number of hydrogen-bond donors (Lipinski definition) is 1. The Kier molecular flexibility index (Phi) is 4.55. The van der Waals surface area contributed by atoms with Crippen LogP contribution in [0.3, 0.4) is 0 Å². The minimum Gasteiger partial charge on any atom is -0.444 e. The molecule has 0 spiro atoms. The van der Waals surface area contributed by atoms with Crippen LogP contribution in [-0.4, -0.2) is 20.3 Å². The maximum absolute atomic E-state index is 11.9. The van der Waals surface area contributed by atoms with Crippen LogP contribution in [-0.2, 0) is 33.4 Å². The number of nitrogens with zero attached hydrogens (tertiary/aromatic N) is 1. The zero-order chi connectivity index (χ0) is 17.2. The van der Waals surface area contributed by atoms with E-state index >= 15 is 0 Å². The molecular formula is C16H14N2O4S2. The van der Waals surface area contributed by atoms with Crippen molar-refractivity contribution in [2.24, 2.45) is 0 Å². The molecule has 1 aromatic heterocycles. The lowest BCUT2D eigenvalue weighted by Crippen LogP contribution is -2.17. The average Bonchev–Trinajstić information content (AvgIpc) is 2.88. The van der Waals surface area contributed by atoms with E-state index in [9.17, 15) is 18.5 Å². The predicted octanol–water partition coefficient (Wildman–Crippen LogP) is 2.84. The van der Waals surface area contributed by atoms with Crippen molar-refractivity contribution >= 4 is 32.3 Å². The highest BCUT2D eigenvalue weighted by Crippen LogP contribution is 2.37. The fourth-order valence-corrected chi connectivity index (χ4v) is 5.47. The first-order valence-corrected chi connectivity index (χ1v) is 9.85. The fourth-order valence-electron chi connectivity index (χ4n) is 2.48. The van der Waals surface area contributed by atoms with E-state index in [1.807, 2.05) is 30.3 Å². The van der Waals surface area contributed by atoms with Crippen molar-refractivity contribution in [1.29, 1.82) is 5.26 Å². The maximum Gasteiger partial charge on any atom is 0.412 e. The number of anilines is 1. The van der Waals surface area contributed by atoms with E-state index in [0.717, 1.165) is 22.5 Å². The molecule has 0 radical (unpaired) electrons. The highest BCUT2D eigenvalue weighted by Gasteiger charge is 2.28. The van der Waals surface area contributed by atoms with Crippen LogP contribution in [0.2, 0.25) is 0 Å². The molecule has 2 heterocycles. The van der Waals surface area contributed by atoms with Gasteiger partial charge in [0.05, 0.1) is 17.1 Å². The van der Waals surface area contributed by atoms with Gasteiger partial charge in [-0.1, -0.05) is 30.3 Å². The zero-order valence-electron chi connectivity index (χ0n) is 12.6. The second-order valence-electron chi connectivity index (χ2n) is 5.35. The minimum absolute atomic E-state index is 0.0311. The average molecular weight is 362 g/mol. The number of carbonyl (C=O) groups excluding carboxylic acids is 1. The second-order valence-corrected chi connectivity index (χ2v) is 8.64. The van der Waals surface area contributed by atoms with Crippen LogP contribution in [0.1, 0.15) is 21.6 Å². The third-order valence-corrected chi connectivity index (χ3v) is 6.53. The van der Waals surface area contributed by atoms with Crippen LogP contribution in [0.15, 0.2) is 30.3 Å². The Labute approximate surface area is 143 Å². The molecule has 0 aliphatic carbocycles. The van der Waals surface area contributed by atoms with Crippen LogP contribution in [0.25, 0.3) is 0 Å². The Hall–Kier alpha value is -2.37. The number of rotatable bonds is 3. The second kappa shape index (κ2) is 6.63. The van der Waals surface area contributed by atoms with Gasteiger partial charge in [0.2, 0.25) is 0 Å². The molecule has 3 rings (SSSR count). The molecule has 1 amide bonds. The number of hydrogen-bond acceptors (Lipinski definition) is 6. The third kappa shape index (κ3) is 3.58. The van der Waals surface area contributed by atoms with Gasteiger partial charge in [0, 0.05) is 4.88 Å². The standard InChI is InChI=1S/C16H14N2O4S2/c17-8-13-12-6-7-24(20,21)10-14(12)23-15(13)18-16(19)22-9-11-4-2-1-3-5-11/h1-5H,6-7,9-10H2,(H,18,19). The molecule has 0 atom stereocenters. The molecular weight excluding hydrogens is 348 g/mol. The molecule has 124 valence electrons. The molecule has 1 N–H and O–H groups in total. The van der Waals surface area contributed by atoms with E-state index < -0.39 is 15.9 Å². The molecule has 0 saturated heterocycles. The summed E-state index contributed by atoms with van der Waals surface area (Å²) in [5.41, 5.74) is 1.90. The molecule has 1 aliphatic heterocycles. The van der Waals surface area contributed by atoms with Gasteiger partial charge in [0.25, 0.3) is 0 Å². The highest BCUT2D eigenvalue weighted by molar-refractivity contribution is 7.90. The van der Waals surface area contributed by atoms with Gasteiger partial charge in [-0.3, -0.25) is 5.32 Å². The summed E-state index contributed by atoms with van der Waals surface area (Å²) in [5.74, 6) is -0.0499. The Balaban J connectivity index is 1.72. The van der Waals surface area contributed by atoms with Gasteiger partial charge in [-0.25, -0.2) is 13.2 Å². The quantitative estimate of drug-likeness (QED) is 0.906. The lowest BCUT2D eigenvalue weighted by Gasteiger charge is -2.11. The normalized spacial score (nSPS) is 15.1. The largest absolute Gasteiger partial charge is 0.444 e. The van der Waals surface area contributed by atoms with E-state index in [2.05, 4.69) is 11.4 Å². The Morgan fingerprint density at radius 1 is 1.33 bits per heavy atom. The Morgan fingerprint density at radius 3 is 2.79 bits per heavy atom. The van der Waals surface area contributed by atoms with Crippen LogP contribution >= 0.6 is 11.3 Å². The van der Waals surface area contributed by atoms with Crippen LogP contribution in [0, 0.1) is 11.3 Å². The SMILES string of the molecule is N#Cc1c(NC(=O)OCc2ccccc2)sc2c1CCS(=O)(=O)C2. The molecule has 1 aliphatic rings. The van der Waals surface area contributed by atoms with E-state index in [1.165, 1.54) is 0 Å². The number of ether oxygens (including phenoxy) is 1. The van der Waals surface area contributed by atoms with Gasteiger partial charge in [0.1, 0.15) is 17.7 Å². The number of amides is 1. The third-order valence-electron chi connectivity index (χ3n) is 3.64. The first-order chi connectivity index (χ1) is 11.5. The molecule has 24 heavy (non-hydrogen) atoms. The number of fused-ring (bicyclic) bond motifs is 1. The van der Waals surface area contributed by atoms with Crippen molar-refractivity contribution < 1.29 is 17.9 Å². The molecule has 0 unspecified atom stereocenters. The van der Waals surface area contributed by atoms with Gasteiger partial charge in [-0.15, -0.1) is 11.3 Å². The smallest absolute Gasteiger partial charge is 0.412 e. The fraction of sp³-hybridized carbons (Fsp3) is 0.250. The van der Waals surface area contributed by atoms with Gasteiger partial charge < -0.3 is 4.74 Å². The Bertz CT molecular complexity index is 912. The predicted molar refractivity (Wildman–Crippen MR) is 90.5 cm³/mol. The van der Waals surface area contributed by atoms with E-state index in [1.54, 1.807) is 0 Å². The summed E-state index contributed by atoms with van der Waals surface area (Å²) in [6, 6.07) is 11.3. The number of benzene rings is 1. The minimum atomic E-state index is -3.13. The molecule has 0 fully saturated rings. The highest BCUT2D eigenvalue weighted by atomic mass is 32.2. The van der Waals surface area contributed by atoms with Crippen molar-refractivity contribution in [1.82, 2.24) is 0 Å². The van der Waals surface area contributed by atoms with Crippen LogP contribution in [0.4, 0.5) is 9.80 Å². The van der Waals surface area contributed by atoms with Crippen molar-refractivity contribution in [3.63, 3.8) is 0 Å². The first kappa shape index (κ1) is 16.5. The van der Waals surface area contributed by atoms with Crippen molar-refractivity contribution in [2.45, 2.75) is 18.8 Å². The monoisotopic (exact) mass is 362 g/mol. The van der Waals surface area contributed by atoms with Crippen molar-refractivity contribution in [3.8, 4) is 6.07 Å². The number of nitriles is 1. The Morgan fingerprint density at radius 2 is 2.08 bits per heavy atom. The summed E-state index contributed by atoms with van der Waals surface area (Å²) in [4.78, 5) is 12.6. The summed E-state index contributed by atoms with van der Waals surface area (Å²) >= 11 is 1.13. The van der Waals surface area contributed by atoms with Crippen LogP contribution < -0.4 is 5.32 Å².